The van der Waals surface area contributed by atoms with Gasteiger partial charge in [0.15, 0.2) is 0 Å². The average molecular weight is 232 g/mol. The maximum absolute atomic E-state index is 5.58. The van der Waals surface area contributed by atoms with Crippen molar-refractivity contribution >= 4 is 6.21 Å². The Labute approximate surface area is 103 Å². The molecule has 1 unspecified atom stereocenters. The van der Waals surface area contributed by atoms with Gasteiger partial charge >= 0.3 is 0 Å². The van der Waals surface area contributed by atoms with Crippen LogP contribution in [0, 0.1) is 0 Å². The van der Waals surface area contributed by atoms with E-state index in [1.54, 1.807) is 0 Å². The van der Waals surface area contributed by atoms with Crippen LogP contribution in [0.5, 0.6) is 0 Å². The zero-order valence-electron chi connectivity index (χ0n) is 10.4. The molecule has 1 aliphatic heterocycles. The third-order valence-corrected chi connectivity index (χ3v) is 2.94. The Morgan fingerprint density at radius 1 is 1.41 bits per heavy atom. The summed E-state index contributed by atoms with van der Waals surface area (Å²) in [4.78, 5) is 4.43. The lowest BCUT2D eigenvalue weighted by Gasteiger charge is -2.21. The molecular formula is C14H20N2O. The Balaban J connectivity index is 1.82. The van der Waals surface area contributed by atoms with E-state index in [-0.39, 0.29) is 6.10 Å². The molecule has 1 atom stereocenters. The molecule has 1 aromatic carbocycles. The van der Waals surface area contributed by atoms with Crippen LogP contribution in [0.4, 0.5) is 0 Å². The molecule has 1 saturated heterocycles. The molecule has 3 heteroatoms. The van der Waals surface area contributed by atoms with E-state index in [4.69, 9.17) is 4.74 Å². The Hall–Kier alpha value is -1.19. The highest BCUT2D eigenvalue weighted by atomic mass is 16.5. The molecular weight excluding hydrogens is 212 g/mol. The van der Waals surface area contributed by atoms with Gasteiger partial charge in [0.2, 0.25) is 0 Å². The minimum Gasteiger partial charge on any atom is -0.374 e. The number of benzene rings is 1. The number of hydrogen-bond donors (Lipinski definition) is 1. The molecule has 1 fully saturated rings. The van der Waals surface area contributed by atoms with E-state index in [2.05, 4.69) is 41.5 Å². The van der Waals surface area contributed by atoms with Crippen molar-refractivity contribution in [1.82, 2.24) is 5.32 Å². The van der Waals surface area contributed by atoms with Gasteiger partial charge in [-0.15, -0.1) is 0 Å². The second-order valence-electron chi connectivity index (χ2n) is 4.29. The van der Waals surface area contributed by atoms with Gasteiger partial charge in [-0.2, -0.15) is 0 Å². The molecule has 1 aliphatic rings. The summed E-state index contributed by atoms with van der Waals surface area (Å²) in [6.45, 7) is 5.56. The van der Waals surface area contributed by atoms with Crippen LogP contribution in [0.2, 0.25) is 0 Å². The molecule has 1 aromatic rings. The number of ether oxygens (including phenoxy) is 1. The maximum Gasteiger partial charge on any atom is 0.0894 e. The average Bonchev–Trinajstić information content (AvgIpc) is 2.41. The molecule has 3 nitrogen and oxygen atoms in total. The smallest absolute Gasteiger partial charge is 0.0894 e. The quantitative estimate of drug-likeness (QED) is 0.801. The predicted octanol–water partition coefficient (Wildman–Crippen LogP) is 1.66. The summed E-state index contributed by atoms with van der Waals surface area (Å²) < 4.78 is 5.58. The third-order valence-electron chi connectivity index (χ3n) is 2.94. The molecule has 0 amide bonds. The zero-order valence-corrected chi connectivity index (χ0v) is 10.4. The van der Waals surface area contributed by atoms with Crippen LogP contribution in [0.3, 0.4) is 0 Å². The van der Waals surface area contributed by atoms with Gasteiger partial charge in [-0.3, -0.25) is 4.99 Å². The number of morpholine rings is 1. The molecule has 2 rings (SSSR count). The van der Waals surface area contributed by atoms with Gasteiger partial charge in [0, 0.05) is 19.3 Å². The minimum absolute atomic E-state index is 0.231. The van der Waals surface area contributed by atoms with Crippen LogP contribution in [0.25, 0.3) is 0 Å². The summed E-state index contributed by atoms with van der Waals surface area (Å²) in [7, 11) is 0. The Morgan fingerprint density at radius 2 is 2.24 bits per heavy atom. The molecule has 92 valence electrons. The molecule has 0 spiro atoms. The van der Waals surface area contributed by atoms with Crippen LogP contribution >= 0.6 is 0 Å². The first-order valence-corrected chi connectivity index (χ1v) is 6.29. The summed E-state index contributed by atoms with van der Waals surface area (Å²) in [6.07, 6.45) is 3.24. The molecule has 1 N–H and O–H groups in total. The van der Waals surface area contributed by atoms with E-state index in [9.17, 15) is 0 Å². The first-order valence-electron chi connectivity index (χ1n) is 6.29. The number of aryl methyl sites for hydroxylation is 1. The molecule has 0 aromatic heterocycles. The largest absolute Gasteiger partial charge is 0.374 e. The fourth-order valence-corrected chi connectivity index (χ4v) is 1.85. The second kappa shape index (κ2) is 6.52. The van der Waals surface area contributed by atoms with Gasteiger partial charge in [-0.05, 0) is 17.5 Å². The molecule has 1 heterocycles. The lowest BCUT2D eigenvalue weighted by atomic mass is 10.1. The van der Waals surface area contributed by atoms with Crippen LogP contribution in [0.1, 0.15) is 18.1 Å². The van der Waals surface area contributed by atoms with Crippen molar-refractivity contribution in [3.63, 3.8) is 0 Å². The van der Waals surface area contributed by atoms with E-state index < -0.39 is 0 Å². The first kappa shape index (κ1) is 12.3. The maximum atomic E-state index is 5.58. The van der Waals surface area contributed by atoms with Gasteiger partial charge in [-0.25, -0.2) is 0 Å². The van der Waals surface area contributed by atoms with E-state index in [0.717, 1.165) is 38.2 Å². The molecule has 0 saturated carbocycles. The van der Waals surface area contributed by atoms with Gasteiger partial charge in [-0.1, -0.05) is 31.2 Å². The van der Waals surface area contributed by atoms with E-state index in [0.29, 0.717) is 0 Å². The monoisotopic (exact) mass is 232 g/mol. The molecule has 0 aliphatic carbocycles. The lowest BCUT2D eigenvalue weighted by Crippen LogP contribution is -2.40. The summed E-state index contributed by atoms with van der Waals surface area (Å²) in [5, 5.41) is 3.30. The molecule has 0 radical (unpaired) electrons. The minimum atomic E-state index is 0.231. The van der Waals surface area contributed by atoms with Crippen LogP contribution in [-0.4, -0.2) is 38.6 Å². The number of hydrogen-bond acceptors (Lipinski definition) is 3. The number of aliphatic imine (C=N–C) groups is 1. The van der Waals surface area contributed by atoms with Gasteiger partial charge in [0.1, 0.15) is 0 Å². The summed E-state index contributed by atoms with van der Waals surface area (Å²) >= 11 is 0. The van der Waals surface area contributed by atoms with Crippen LogP contribution in [0.15, 0.2) is 29.3 Å². The Kier molecular flexibility index (Phi) is 4.71. The van der Waals surface area contributed by atoms with Gasteiger partial charge in [0.05, 0.1) is 19.3 Å². The predicted molar refractivity (Wildman–Crippen MR) is 70.9 cm³/mol. The summed E-state index contributed by atoms with van der Waals surface area (Å²) in [5.41, 5.74) is 2.52. The standard InChI is InChI=1S/C14H20N2O/c1-2-12-3-5-13(6-4-12)9-16-11-14-10-15-7-8-17-14/h3-6,9,14-15H,2,7-8,10-11H2,1H3. The SMILES string of the molecule is CCc1ccc(C=NCC2CNCCO2)cc1. The highest BCUT2D eigenvalue weighted by molar-refractivity contribution is 5.79. The first-order chi connectivity index (χ1) is 8.38. The lowest BCUT2D eigenvalue weighted by molar-refractivity contribution is 0.0350. The topological polar surface area (TPSA) is 33.6 Å². The van der Waals surface area contributed by atoms with Gasteiger partial charge in [0.25, 0.3) is 0 Å². The van der Waals surface area contributed by atoms with Crippen molar-refractivity contribution in [2.24, 2.45) is 4.99 Å². The van der Waals surface area contributed by atoms with Crippen molar-refractivity contribution in [2.45, 2.75) is 19.4 Å². The Morgan fingerprint density at radius 3 is 2.88 bits per heavy atom. The van der Waals surface area contributed by atoms with E-state index in [1.807, 2.05) is 6.21 Å². The molecule has 0 bridgehead atoms. The fourth-order valence-electron chi connectivity index (χ4n) is 1.85. The highest BCUT2D eigenvalue weighted by Crippen LogP contribution is 2.03. The number of nitrogens with zero attached hydrogens (tertiary/aromatic N) is 1. The van der Waals surface area contributed by atoms with Crippen LogP contribution < -0.4 is 5.32 Å². The van der Waals surface area contributed by atoms with Crippen molar-refractivity contribution in [3.05, 3.63) is 35.4 Å². The van der Waals surface area contributed by atoms with E-state index in [1.165, 1.54) is 5.56 Å². The van der Waals surface area contributed by atoms with Crippen LogP contribution in [-0.2, 0) is 11.2 Å². The molecule has 17 heavy (non-hydrogen) atoms. The number of nitrogens with one attached hydrogen (secondary N) is 1. The van der Waals surface area contributed by atoms with Crippen molar-refractivity contribution in [3.8, 4) is 0 Å². The third kappa shape index (κ3) is 3.95. The highest BCUT2D eigenvalue weighted by Gasteiger charge is 2.11. The summed E-state index contributed by atoms with van der Waals surface area (Å²) in [5.74, 6) is 0. The normalized spacial score (nSPS) is 20.9. The second-order valence-corrected chi connectivity index (χ2v) is 4.29. The fraction of sp³-hybridized carbons (Fsp3) is 0.500. The van der Waals surface area contributed by atoms with Gasteiger partial charge < -0.3 is 10.1 Å². The Bertz CT molecular complexity index is 353. The van der Waals surface area contributed by atoms with E-state index >= 15 is 0 Å². The van der Waals surface area contributed by atoms with Crippen molar-refractivity contribution in [1.29, 1.82) is 0 Å². The zero-order chi connectivity index (χ0) is 11.9. The van der Waals surface area contributed by atoms with Crippen molar-refractivity contribution < 1.29 is 4.74 Å². The van der Waals surface area contributed by atoms with Crippen molar-refractivity contribution in [2.75, 3.05) is 26.2 Å². The summed E-state index contributed by atoms with van der Waals surface area (Å²) in [6, 6.07) is 8.53. The number of rotatable bonds is 4.